The van der Waals surface area contributed by atoms with Gasteiger partial charge in [0.05, 0.1) is 18.8 Å². The lowest BCUT2D eigenvalue weighted by molar-refractivity contribution is -0.229. The number of rotatable bonds is 3. The van der Waals surface area contributed by atoms with Crippen LogP contribution in [0.1, 0.15) is 37.7 Å². The monoisotopic (exact) mass is 396 g/mol. The largest absolute Gasteiger partial charge is 0.404 e. The predicted octanol–water partition coefficient (Wildman–Crippen LogP) is 3.61. The van der Waals surface area contributed by atoms with Gasteiger partial charge in [-0.25, -0.2) is 0 Å². The Bertz CT molecular complexity index is 695. The molecule has 7 heteroatoms. The summed E-state index contributed by atoms with van der Waals surface area (Å²) in [5.74, 6) is -0.740. The van der Waals surface area contributed by atoms with E-state index in [1.807, 2.05) is 30.3 Å². The highest BCUT2D eigenvalue weighted by Crippen LogP contribution is 2.48. The third-order valence-electron chi connectivity index (χ3n) is 6.54. The molecule has 4 rings (SSSR count). The average Bonchev–Trinajstić information content (AvgIpc) is 3.13. The van der Waals surface area contributed by atoms with Crippen molar-refractivity contribution < 1.29 is 22.7 Å². The zero-order valence-electron chi connectivity index (χ0n) is 16.0. The van der Waals surface area contributed by atoms with Crippen molar-refractivity contribution in [2.45, 2.75) is 57.0 Å². The number of amides is 1. The van der Waals surface area contributed by atoms with Crippen LogP contribution in [0.3, 0.4) is 0 Å². The molecule has 4 nitrogen and oxygen atoms in total. The van der Waals surface area contributed by atoms with E-state index in [2.05, 4.69) is 0 Å². The highest BCUT2D eigenvalue weighted by atomic mass is 19.4. The Labute approximate surface area is 163 Å². The number of morpholine rings is 1. The van der Waals surface area contributed by atoms with E-state index >= 15 is 0 Å². The summed E-state index contributed by atoms with van der Waals surface area (Å²) in [6, 6.07) is 9.25. The fourth-order valence-electron chi connectivity index (χ4n) is 5.02. The Kier molecular flexibility index (Phi) is 5.40. The second-order valence-corrected chi connectivity index (χ2v) is 8.29. The van der Waals surface area contributed by atoms with Crippen molar-refractivity contribution in [2.24, 2.45) is 5.41 Å². The summed E-state index contributed by atoms with van der Waals surface area (Å²) >= 11 is 0. The lowest BCUT2D eigenvalue weighted by Gasteiger charge is -2.47. The van der Waals surface area contributed by atoms with Crippen LogP contribution in [-0.2, 0) is 16.1 Å². The normalized spacial score (nSPS) is 31.6. The second-order valence-electron chi connectivity index (χ2n) is 8.29. The number of hydrogen-bond donors (Lipinski definition) is 0. The molecule has 0 N–H and O–H groups in total. The maximum atomic E-state index is 14.3. The Morgan fingerprint density at radius 3 is 2.64 bits per heavy atom. The first-order chi connectivity index (χ1) is 13.4. The molecule has 2 heterocycles. The standard InChI is InChI=1S/C21H27F3N2O2/c22-21(23,24)20(10-11-25(15-20)14-16-6-2-1-3-7-16)19(27)26-12-13-28-18-9-5-4-8-17(18)26/h1-3,6-7,17-18H,4-5,8-15H2/t17-,18-,20+/m1/s1. The smallest absolute Gasteiger partial charge is 0.374 e. The average molecular weight is 396 g/mol. The van der Waals surface area contributed by atoms with Gasteiger partial charge in [-0.05, 0) is 31.4 Å². The van der Waals surface area contributed by atoms with Crippen LogP contribution in [0.4, 0.5) is 13.2 Å². The molecule has 3 fully saturated rings. The molecule has 28 heavy (non-hydrogen) atoms. The van der Waals surface area contributed by atoms with Gasteiger partial charge in [0.2, 0.25) is 5.91 Å². The lowest BCUT2D eigenvalue weighted by Crippen LogP contribution is -2.61. The fourth-order valence-corrected chi connectivity index (χ4v) is 5.02. The first-order valence-electron chi connectivity index (χ1n) is 10.2. The summed E-state index contributed by atoms with van der Waals surface area (Å²) in [5.41, 5.74) is -1.34. The Morgan fingerprint density at radius 2 is 1.89 bits per heavy atom. The minimum Gasteiger partial charge on any atom is -0.374 e. The molecule has 1 amide bonds. The van der Waals surface area contributed by atoms with Gasteiger partial charge in [0.25, 0.3) is 0 Å². The molecule has 0 bridgehead atoms. The van der Waals surface area contributed by atoms with Gasteiger partial charge >= 0.3 is 6.18 Å². The zero-order chi connectivity index (χ0) is 19.8. The molecule has 1 aliphatic carbocycles. The summed E-state index contributed by atoms with van der Waals surface area (Å²) in [7, 11) is 0. The zero-order valence-corrected chi connectivity index (χ0v) is 16.0. The van der Waals surface area contributed by atoms with Gasteiger partial charge in [-0.2, -0.15) is 13.2 Å². The van der Waals surface area contributed by atoms with Crippen molar-refractivity contribution in [2.75, 3.05) is 26.2 Å². The van der Waals surface area contributed by atoms with Gasteiger partial charge in [0, 0.05) is 19.6 Å². The summed E-state index contributed by atoms with van der Waals surface area (Å²) in [4.78, 5) is 16.6. The number of ether oxygens (including phenoxy) is 1. The Hall–Kier alpha value is -1.60. The van der Waals surface area contributed by atoms with Crippen molar-refractivity contribution in [1.82, 2.24) is 9.80 Å². The number of likely N-dealkylation sites (tertiary alicyclic amines) is 1. The summed E-state index contributed by atoms with van der Waals surface area (Å²) in [6.07, 6.45) is -1.33. The molecular formula is C21H27F3N2O2. The van der Waals surface area contributed by atoms with Gasteiger partial charge in [0.1, 0.15) is 0 Å². The molecule has 0 unspecified atom stereocenters. The SMILES string of the molecule is O=C(N1CCO[C@@H]2CCCC[C@H]21)[C@]1(C(F)(F)F)CCN(Cc2ccccc2)C1. The van der Waals surface area contributed by atoms with Crippen molar-refractivity contribution in [3.8, 4) is 0 Å². The number of hydrogen-bond acceptors (Lipinski definition) is 3. The van der Waals surface area contributed by atoms with Crippen molar-refractivity contribution in [3.63, 3.8) is 0 Å². The molecule has 2 saturated heterocycles. The van der Waals surface area contributed by atoms with Crippen molar-refractivity contribution in [3.05, 3.63) is 35.9 Å². The van der Waals surface area contributed by atoms with Crippen molar-refractivity contribution >= 4 is 5.91 Å². The van der Waals surface area contributed by atoms with Crippen LogP contribution in [0.25, 0.3) is 0 Å². The first kappa shape index (κ1) is 19.7. The van der Waals surface area contributed by atoms with Crippen LogP contribution < -0.4 is 0 Å². The summed E-state index contributed by atoms with van der Waals surface area (Å²) < 4.78 is 48.5. The number of carbonyl (C=O) groups is 1. The van der Waals surface area contributed by atoms with Crippen LogP contribution in [-0.4, -0.2) is 60.3 Å². The molecule has 0 spiro atoms. The van der Waals surface area contributed by atoms with E-state index in [1.165, 1.54) is 4.90 Å². The molecule has 0 aromatic heterocycles. The molecule has 1 aromatic rings. The second kappa shape index (κ2) is 7.67. The van der Waals surface area contributed by atoms with Gasteiger partial charge in [-0.3, -0.25) is 9.69 Å². The summed E-state index contributed by atoms with van der Waals surface area (Å²) in [5, 5.41) is 0. The number of benzene rings is 1. The van der Waals surface area contributed by atoms with E-state index in [0.717, 1.165) is 31.2 Å². The molecule has 154 valence electrons. The van der Waals surface area contributed by atoms with Crippen molar-refractivity contribution in [1.29, 1.82) is 0 Å². The van der Waals surface area contributed by atoms with Gasteiger partial charge in [0.15, 0.2) is 5.41 Å². The third-order valence-corrected chi connectivity index (χ3v) is 6.54. The quantitative estimate of drug-likeness (QED) is 0.783. The summed E-state index contributed by atoms with van der Waals surface area (Å²) in [6.45, 7) is 1.03. The van der Waals surface area contributed by atoms with Crippen LogP contribution in [0.15, 0.2) is 30.3 Å². The number of nitrogens with zero attached hydrogens (tertiary/aromatic N) is 2. The number of carbonyl (C=O) groups excluding carboxylic acids is 1. The van der Waals surface area contributed by atoms with E-state index in [-0.39, 0.29) is 38.2 Å². The van der Waals surface area contributed by atoms with E-state index in [4.69, 9.17) is 4.74 Å². The maximum Gasteiger partial charge on any atom is 0.404 e. The van der Waals surface area contributed by atoms with E-state index < -0.39 is 17.5 Å². The fraction of sp³-hybridized carbons (Fsp3) is 0.667. The number of fused-ring (bicyclic) bond motifs is 1. The predicted molar refractivity (Wildman–Crippen MR) is 98.5 cm³/mol. The third kappa shape index (κ3) is 3.54. The molecule has 3 atom stereocenters. The number of alkyl halides is 3. The Balaban J connectivity index is 1.55. The van der Waals surface area contributed by atoms with Crippen LogP contribution >= 0.6 is 0 Å². The molecule has 2 aliphatic heterocycles. The van der Waals surface area contributed by atoms with Crippen LogP contribution in [0, 0.1) is 5.41 Å². The Morgan fingerprint density at radius 1 is 1.14 bits per heavy atom. The topological polar surface area (TPSA) is 32.8 Å². The first-order valence-corrected chi connectivity index (χ1v) is 10.2. The molecular weight excluding hydrogens is 369 g/mol. The van der Waals surface area contributed by atoms with Gasteiger partial charge < -0.3 is 9.64 Å². The highest BCUT2D eigenvalue weighted by Gasteiger charge is 2.64. The van der Waals surface area contributed by atoms with E-state index in [1.54, 1.807) is 4.90 Å². The minimum atomic E-state index is -4.56. The molecule has 3 aliphatic rings. The molecule has 1 saturated carbocycles. The van der Waals surface area contributed by atoms with Gasteiger partial charge in [-0.1, -0.05) is 43.2 Å². The maximum absolute atomic E-state index is 14.3. The van der Waals surface area contributed by atoms with Crippen LogP contribution in [0.2, 0.25) is 0 Å². The van der Waals surface area contributed by atoms with Gasteiger partial charge in [-0.15, -0.1) is 0 Å². The minimum absolute atomic E-state index is 0.112. The molecule has 0 radical (unpaired) electrons. The highest BCUT2D eigenvalue weighted by molar-refractivity contribution is 5.85. The van der Waals surface area contributed by atoms with E-state index in [9.17, 15) is 18.0 Å². The molecule has 1 aromatic carbocycles. The van der Waals surface area contributed by atoms with Crippen LogP contribution in [0.5, 0.6) is 0 Å². The van der Waals surface area contributed by atoms with E-state index in [0.29, 0.717) is 13.2 Å². The lowest BCUT2D eigenvalue weighted by atomic mass is 9.82. The number of halogens is 3.